The number of carbonyl (C=O) groups is 1. The van der Waals surface area contributed by atoms with E-state index in [1.54, 1.807) is 0 Å². The van der Waals surface area contributed by atoms with Crippen LogP contribution in [-0.4, -0.2) is 40.4 Å². The summed E-state index contributed by atoms with van der Waals surface area (Å²) in [5.41, 5.74) is 1.10. The Morgan fingerprint density at radius 2 is 1.95 bits per heavy atom. The molecule has 0 bridgehead atoms. The van der Waals surface area contributed by atoms with Crippen molar-refractivity contribution in [1.82, 2.24) is 15.3 Å². The van der Waals surface area contributed by atoms with Gasteiger partial charge in [0, 0.05) is 23.2 Å². The van der Waals surface area contributed by atoms with E-state index in [2.05, 4.69) is 15.3 Å². The molecule has 0 radical (unpaired) electrons. The van der Waals surface area contributed by atoms with Crippen LogP contribution in [0, 0.1) is 13.8 Å². The van der Waals surface area contributed by atoms with Crippen molar-refractivity contribution in [2.75, 3.05) is 12.9 Å². The molecule has 6 heteroatoms. The Hall–Kier alpha value is -1.14. The van der Waals surface area contributed by atoms with Crippen LogP contribution in [0.4, 0.5) is 0 Å². The highest BCUT2D eigenvalue weighted by atomic mass is 32.2. The molecule has 112 valence electrons. The zero-order chi connectivity index (χ0) is 15.3. The highest BCUT2D eigenvalue weighted by molar-refractivity contribution is 7.99. The number of methoxy groups -OCH3 is 1. The fourth-order valence-electron chi connectivity index (χ4n) is 1.99. The van der Waals surface area contributed by atoms with E-state index in [4.69, 9.17) is 4.74 Å². The lowest BCUT2D eigenvalue weighted by molar-refractivity contribution is -0.147. The minimum Gasteiger partial charge on any atom is -0.468 e. The Labute approximate surface area is 124 Å². The molecule has 0 saturated heterocycles. The lowest BCUT2D eigenvalue weighted by Gasteiger charge is -2.29. The quantitative estimate of drug-likeness (QED) is 0.493. The van der Waals surface area contributed by atoms with E-state index < -0.39 is 5.54 Å². The Kier molecular flexibility index (Phi) is 5.95. The van der Waals surface area contributed by atoms with Gasteiger partial charge in [0.2, 0.25) is 0 Å². The predicted octanol–water partition coefficient (Wildman–Crippen LogP) is 2.12. The summed E-state index contributed by atoms with van der Waals surface area (Å²) >= 11 is 1.46. The fourth-order valence-corrected chi connectivity index (χ4v) is 3.02. The molecule has 1 atom stereocenters. The second-order valence-electron chi connectivity index (χ2n) is 5.34. The van der Waals surface area contributed by atoms with Crippen LogP contribution >= 0.6 is 11.8 Å². The summed E-state index contributed by atoms with van der Waals surface area (Å²) in [5, 5.41) is 3.94. The van der Waals surface area contributed by atoms with Gasteiger partial charge in [0.1, 0.15) is 5.54 Å². The molecular formula is C14H23N3O2S. The molecule has 0 saturated carbocycles. The van der Waals surface area contributed by atoms with Gasteiger partial charge in [0.05, 0.1) is 7.11 Å². The molecule has 20 heavy (non-hydrogen) atoms. The lowest BCUT2D eigenvalue weighted by atomic mass is 10.0. The largest absolute Gasteiger partial charge is 0.468 e. The third-order valence-corrected chi connectivity index (χ3v) is 3.86. The minimum absolute atomic E-state index is 0.180. The Morgan fingerprint density at radius 3 is 2.40 bits per heavy atom. The van der Waals surface area contributed by atoms with Crippen LogP contribution in [0.15, 0.2) is 11.2 Å². The summed E-state index contributed by atoms with van der Waals surface area (Å²) in [6.45, 7) is 9.71. The fraction of sp³-hybridized carbons (Fsp3) is 0.643. The van der Waals surface area contributed by atoms with Crippen molar-refractivity contribution < 1.29 is 9.53 Å². The van der Waals surface area contributed by atoms with Gasteiger partial charge in [-0.2, -0.15) is 0 Å². The number of rotatable bonds is 6. The smallest absolute Gasteiger partial charge is 0.326 e. The highest BCUT2D eigenvalue weighted by Crippen LogP contribution is 2.21. The van der Waals surface area contributed by atoms with Gasteiger partial charge in [-0.15, -0.1) is 0 Å². The Morgan fingerprint density at radius 1 is 1.40 bits per heavy atom. The van der Waals surface area contributed by atoms with Gasteiger partial charge in [-0.3, -0.25) is 10.1 Å². The summed E-state index contributed by atoms with van der Waals surface area (Å²) in [6.07, 6.45) is 0. The van der Waals surface area contributed by atoms with Crippen molar-refractivity contribution in [2.24, 2.45) is 0 Å². The number of thioether (sulfide) groups is 1. The highest BCUT2D eigenvalue weighted by Gasteiger charge is 2.35. The molecule has 0 spiro atoms. The van der Waals surface area contributed by atoms with E-state index in [1.807, 2.05) is 40.7 Å². The molecule has 0 amide bonds. The molecule has 0 aliphatic heterocycles. The SMILES string of the molecule is COC(=O)C(C)(CSc1nc(C)cc(C)n1)NC(C)C. The van der Waals surface area contributed by atoms with Crippen molar-refractivity contribution in [2.45, 2.75) is 51.4 Å². The lowest BCUT2D eigenvalue weighted by Crippen LogP contribution is -2.54. The van der Waals surface area contributed by atoms with Gasteiger partial charge in [0.15, 0.2) is 5.16 Å². The molecule has 1 unspecified atom stereocenters. The van der Waals surface area contributed by atoms with Crippen molar-refractivity contribution in [3.8, 4) is 0 Å². The molecule has 1 aromatic rings. The predicted molar refractivity (Wildman–Crippen MR) is 80.9 cm³/mol. The topological polar surface area (TPSA) is 64.1 Å². The molecule has 1 aromatic heterocycles. The molecule has 1 heterocycles. The van der Waals surface area contributed by atoms with Gasteiger partial charge in [0.25, 0.3) is 0 Å². The van der Waals surface area contributed by atoms with Crippen molar-refractivity contribution >= 4 is 17.7 Å². The van der Waals surface area contributed by atoms with Crippen LogP contribution < -0.4 is 5.32 Å². The van der Waals surface area contributed by atoms with Gasteiger partial charge < -0.3 is 4.74 Å². The second kappa shape index (κ2) is 7.04. The number of hydrogen-bond donors (Lipinski definition) is 1. The van der Waals surface area contributed by atoms with Crippen molar-refractivity contribution in [3.05, 3.63) is 17.5 Å². The van der Waals surface area contributed by atoms with E-state index in [9.17, 15) is 4.79 Å². The summed E-state index contributed by atoms with van der Waals surface area (Å²) in [6, 6.07) is 2.11. The maximum absolute atomic E-state index is 12.0. The summed E-state index contributed by atoms with van der Waals surface area (Å²) in [4.78, 5) is 20.7. The Balaban J connectivity index is 2.83. The van der Waals surface area contributed by atoms with Crippen LogP contribution in [0.25, 0.3) is 0 Å². The third kappa shape index (κ3) is 4.76. The normalized spacial score (nSPS) is 14.2. The van der Waals surface area contributed by atoms with E-state index in [0.29, 0.717) is 10.9 Å². The number of nitrogens with zero attached hydrogens (tertiary/aromatic N) is 2. The van der Waals surface area contributed by atoms with Crippen molar-refractivity contribution in [1.29, 1.82) is 0 Å². The monoisotopic (exact) mass is 297 g/mol. The maximum atomic E-state index is 12.0. The average molecular weight is 297 g/mol. The van der Waals surface area contributed by atoms with Crippen LogP contribution in [0.3, 0.4) is 0 Å². The Bertz CT molecular complexity index is 459. The van der Waals surface area contributed by atoms with Gasteiger partial charge in [-0.25, -0.2) is 9.97 Å². The van der Waals surface area contributed by atoms with E-state index in [0.717, 1.165) is 11.4 Å². The summed E-state index contributed by atoms with van der Waals surface area (Å²) in [5.74, 6) is 0.240. The molecule has 1 rings (SSSR count). The standard InChI is InChI=1S/C14H23N3O2S/c1-9(2)17-14(5,12(18)19-6)8-20-13-15-10(3)7-11(4)16-13/h7,9,17H,8H2,1-6H3. The number of esters is 1. The van der Waals surface area contributed by atoms with E-state index in [-0.39, 0.29) is 12.0 Å². The molecular weight excluding hydrogens is 274 g/mol. The van der Waals surface area contributed by atoms with Gasteiger partial charge in [-0.05, 0) is 40.7 Å². The average Bonchev–Trinajstić information content (AvgIpc) is 2.33. The molecule has 5 nitrogen and oxygen atoms in total. The first-order chi connectivity index (χ1) is 9.26. The van der Waals surface area contributed by atoms with Crippen LogP contribution in [-0.2, 0) is 9.53 Å². The number of aryl methyl sites for hydroxylation is 2. The first-order valence-corrected chi connectivity index (χ1v) is 7.56. The number of ether oxygens (including phenoxy) is 1. The van der Waals surface area contributed by atoms with Gasteiger partial charge in [-0.1, -0.05) is 11.8 Å². The maximum Gasteiger partial charge on any atom is 0.326 e. The molecule has 0 aliphatic rings. The first kappa shape index (κ1) is 16.9. The van der Waals surface area contributed by atoms with Crippen LogP contribution in [0.2, 0.25) is 0 Å². The second-order valence-corrected chi connectivity index (χ2v) is 6.29. The summed E-state index contributed by atoms with van der Waals surface area (Å²) in [7, 11) is 1.40. The van der Waals surface area contributed by atoms with Gasteiger partial charge >= 0.3 is 5.97 Å². The van der Waals surface area contributed by atoms with E-state index >= 15 is 0 Å². The van der Waals surface area contributed by atoms with E-state index in [1.165, 1.54) is 18.9 Å². The molecule has 0 fully saturated rings. The molecule has 0 aliphatic carbocycles. The zero-order valence-electron chi connectivity index (χ0n) is 13.0. The number of hydrogen-bond acceptors (Lipinski definition) is 6. The number of aromatic nitrogens is 2. The minimum atomic E-state index is -0.755. The molecule has 1 N–H and O–H groups in total. The number of nitrogens with one attached hydrogen (secondary N) is 1. The first-order valence-electron chi connectivity index (χ1n) is 6.58. The zero-order valence-corrected chi connectivity index (χ0v) is 13.8. The molecule has 0 aromatic carbocycles. The summed E-state index contributed by atoms with van der Waals surface area (Å²) < 4.78 is 4.90. The van der Waals surface area contributed by atoms with Crippen molar-refractivity contribution in [3.63, 3.8) is 0 Å². The third-order valence-electron chi connectivity index (χ3n) is 2.69. The van der Waals surface area contributed by atoms with Crippen LogP contribution in [0.5, 0.6) is 0 Å². The van der Waals surface area contributed by atoms with Crippen LogP contribution in [0.1, 0.15) is 32.2 Å². The number of carbonyl (C=O) groups excluding carboxylic acids is 1.